The van der Waals surface area contributed by atoms with Crippen molar-refractivity contribution in [2.24, 2.45) is 5.92 Å². The summed E-state index contributed by atoms with van der Waals surface area (Å²) in [6, 6.07) is 7.59. The molecule has 0 aliphatic carbocycles. The Kier molecular flexibility index (Phi) is 4.78. The minimum atomic E-state index is -1.29. The lowest BCUT2D eigenvalue weighted by Crippen LogP contribution is -2.47. The van der Waals surface area contributed by atoms with Gasteiger partial charge < -0.3 is 14.6 Å². The van der Waals surface area contributed by atoms with E-state index < -0.39 is 11.5 Å². The lowest BCUT2D eigenvalue weighted by molar-refractivity contribution is -0.170. The van der Waals surface area contributed by atoms with E-state index in [9.17, 15) is 9.90 Å². The van der Waals surface area contributed by atoms with Crippen LogP contribution in [-0.4, -0.2) is 24.3 Å². The Morgan fingerprint density at radius 2 is 2.20 bits per heavy atom. The van der Waals surface area contributed by atoms with Crippen LogP contribution in [0.15, 0.2) is 24.3 Å². The fourth-order valence-corrected chi connectivity index (χ4v) is 2.83. The molecule has 0 spiro atoms. The number of ether oxygens (including phenoxy) is 2. The summed E-state index contributed by atoms with van der Waals surface area (Å²) in [6.45, 7) is 4.69. The third-order valence-corrected chi connectivity index (χ3v) is 3.79. The van der Waals surface area contributed by atoms with Gasteiger partial charge in [0, 0.05) is 0 Å². The lowest BCUT2D eigenvalue weighted by Gasteiger charge is -2.39. The van der Waals surface area contributed by atoms with Crippen molar-refractivity contribution >= 4 is 5.97 Å². The first-order valence-electron chi connectivity index (χ1n) is 7.18. The molecule has 2 unspecified atom stereocenters. The van der Waals surface area contributed by atoms with Gasteiger partial charge in [0.25, 0.3) is 0 Å². The van der Waals surface area contributed by atoms with Gasteiger partial charge in [-0.25, -0.2) is 0 Å². The highest BCUT2D eigenvalue weighted by molar-refractivity contribution is 5.74. The van der Waals surface area contributed by atoms with E-state index >= 15 is 0 Å². The zero-order chi connectivity index (χ0) is 14.6. The fourth-order valence-electron chi connectivity index (χ4n) is 2.83. The zero-order valence-electron chi connectivity index (χ0n) is 12.1. The fraction of sp³-hybridized carbons (Fsp3) is 0.562. The summed E-state index contributed by atoms with van der Waals surface area (Å²) in [5, 5.41) is 11.1. The first-order chi connectivity index (χ1) is 9.63. The van der Waals surface area contributed by atoms with Gasteiger partial charge in [-0.3, -0.25) is 4.79 Å². The highest BCUT2D eigenvalue weighted by Crippen LogP contribution is 2.39. The van der Waals surface area contributed by atoms with Crippen LogP contribution in [0.2, 0.25) is 0 Å². The number of carbonyl (C=O) groups is 1. The number of esters is 1. The summed E-state index contributed by atoms with van der Waals surface area (Å²) in [7, 11) is 0. The van der Waals surface area contributed by atoms with Crippen LogP contribution < -0.4 is 0 Å². The Morgan fingerprint density at radius 1 is 1.45 bits per heavy atom. The number of aliphatic hydroxyl groups is 1. The third-order valence-electron chi connectivity index (χ3n) is 3.79. The van der Waals surface area contributed by atoms with Crippen LogP contribution in [0.3, 0.4) is 0 Å². The number of rotatable bonds is 5. The van der Waals surface area contributed by atoms with Crippen molar-refractivity contribution in [3.8, 4) is 0 Å². The molecule has 0 bridgehead atoms. The van der Waals surface area contributed by atoms with Gasteiger partial charge in [-0.1, -0.05) is 37.6 Å². The zero-order valence-corrected chi connectivity index (χ0v) is 12.1. The van der Waals surface area contributed by atoms with Crippen molar-refractivity contribution in [2.75, 3.05) is 13.2 Å². The van der Waals surface area contributed by atoms with Crippen LogP contribution in [0, 0.1) is 5.92 Å². The van der Waals surface area contributed by atoms with Crippen molar-refractivity contribution < 1.29 is 19.4 Å². The Morgan fingerprint density at radius 3 is 2.90 bits per heavy atom. The molecule has 2 atom stereocenters. The Labute approximate surface area is 119 Å². The molecule has 1 aliphatic rings. The van der Waals surface area contributed by atoms with Crippen LogP contribution in [0.25, 0.3) is 0 Å². The lowest BCUT2D eigenvalue weighted by atomic mass is 9.76. The van der Waals surface area contributed by atoms with E-state index in [-0.39, 0.29) is 12.6 Å². The van der Waals surface area contributed by atoms with Gasteiger partial charge in [0.15, 0.2) is 0 Å². The Hall–Kier alpha value is -1.39. The summed E-state index contributed by atoms with van der Waals surface area (Å²) >= 11 is 0. The molecule has 1 aromatic rings. The summed E-state index contributed by atoms with van der Waals surface area (Å²) in [5.74, 6) is -0.939. The van der Waals surface area contributed by atoms with Crippen LogP contribution in [0.1, 0.15) is 37.8 Å². The predicted octanol–water partition coefficient (Wildman–Crippen LogP) is 2.38. The molecular weight excluding hydrogens is 256 g/mol. The number of carbonyl (C=O) groups excluding carboxylic acids is 1. The summed E-state index contributed by atoms with van der Waals surface area (Å²) in [4.78, 5) is 12.2. The Balaban J connectivity index is 2.39. The topological polar surface area (TPSA) is 55.8 Å². The number of fused-ring (bicyclic) bond motifs is 1. The molecule has 4 heteroatoms. The van der Waals surface area contributed by atoms with E-state index in [1.54, 1.807) is 6.92 Å². The van der Waals surface area contributed by atoms with Gasteiger partial charge in [-0.05, 0) is 24.5 Å². The molecule has 0 fully saturated rings. The third kappa shape index (κ3) is 2.72. The van der Waals surface area contributed by atoms with E-state index in [0.717, 1.165) is 17.5 Å². The average Bonchev–Trinajstić information content (AvgIpc) is 2.45. The molecule has 1 aromatic carbocycles. The van der Waals surface area contributed by atoms with Gasteiger partial charge in [0.2, 0.25) is 0 Å². The van der Waals surface area contributed by atoms with E-state index in [2.05, 4.69) is 0 Å². The van der Waals surface area contributed by atoms with E-state index in [1.807, 2.05) is 31.2 Å². The van der Waals surface area contributed by atoms with E-state index in [4.69, 9.17) is 9.47 Å². The summed E-state index contributed by atoms with van der Waals surface area (Å²) in [5.41, 5.74) is 0.432. The van der Waals surface area contributed by atoms with Crippen LogP contribution >= 0.6 is 0 Å². The molecule has 1 N–H and O–H groups in total. The van der Waals surface area contributed by atoms with Crippen molar-refractivity contribution in [1.82, 2.24) is 0 Å². The smallest absolute Gasteiger partial charge is 0.312 e. The van der Waals surface area contributed by atoms with Crippen LogP contribution in [0.4, 0.5) is 0 Å². The maximum atomic E-state index is 12.2. The minimum absolute atomic E-state index is 0.132. The molecular formula is C16H22O4. The second kappa shape index (κ2) is 6.37. The van der Waals surface area contributed by atoms with Crippen molar-refractivity contribution in [3.05, 3.63) is 35.4 Å². The van der Waals surface area contributed by atoms with Crippen LogP contribution in [0.5, 0.6) is 0 Å². The molecule has 1 aliphatic heterocycles. The molecule has 110 valence electrons. The molecule has 2 rings (SSSR count). The SMILES string of the molecule is CCCC(C(=O)OCC)C1(O)COCc2ccccc21. The number of benzene rings is 1. The van der Waals surface area contributed by atoms with Crippen molar-refractivity contribution in [2.45, 2.75) is 38.9 Å². The molecule has 0 radical (unpaired) electrons. The standard InChI is InChI=1S/C16H22O4/c1-3-7-14(15(17)20-4-2)16(18)11-19-10-12-8-5-6-9-13(12)16/h5-6,8-9,14,18H,3-4,7,10-11H2,1-2H3. The number of hydrogen-bond donors (Lipinski definition) is 1. The monoisotopic (exact) mass is 278 g/mol. The van der Waals surface area contributed by atoms with Gasteiger partial charge >= 0.3 is 5.97 Å². The minimum Gasteiger partial charge on any atom is -0.466 e. The largest absolute Gasteiger partial charge is 0.466 e. The summed E-state index contributed by atoms with van der Waals surface area (Å²) in [6.07, 6.45) is 1.38. The van der Waals surface area contributed by atoms with Gasteiger partial charge in [0.05, 0.1) is 25.7 Å². The van der Waals surface area contributed by atoms with Crippen molar-refractivity contribution in [1.29, 1.82) is 0 Å². The van der Waals surface area contributed by atoms with E-state index in [1.165, 1.54) is 0 Å². The highest BCUT2D eigenvalue weighted by Gasteiger charge is 2.46. The van der Waals surface area contributed by atoms with E-state index in [0.29, 0.717) is 19.6 Å². The van der Waals surface area contributed by atoms with Crippen LogP contribution in [-0.2, 0) is 26.5 Å². The maximum absolute atomic E-state index is 12.2. The molecule has 20 heavy (non-hydrogen) atoms. The second-order valence-electron chi connectivity index (χ2n) is 5.17. The highest BCUT2D eigenvalue weighted by atomic mass is 16.5. The van der Waals surface area contributed by atoms with Gasteiger partial charge in [-0.2, -0.15) is 0 Å². The first kappa shape index (κ1) is 15.0. The first-order valence-corrected chi connectivity index (χ1v) is 7.18. The molecule has 0 aromatic heterocycles. The molecule has 0 saturated carbocycles. The predicted molar refractivity (Wildman–Crippen MR) is 75.0 cm³/mol. The molecule has 0 amide bonds. The number of hydrogen-bond acceptors (Lipinski definition) is 4. The Bertz CT molecular complexity index is 471. The average molecular weight is 278 g/mol. The molecule has 1 heterocycles. The normalized spacial score (nSPS) is 22.9. The van der Waals surface area contributed by atoms with Crippen molar-refractivity contribution in [3.63, 3.8) is 0 Å². The summed E-state index contributed by atoms with van der Waals surface area (Å²) < 4.78 is 10.6. The van der Waals surface area contributed by atoms with Gasteiger partial charge in [-0.15, -0.1) is 0 Å². The van der Waals surface area contributed by atoms with Gasteiger partial charge in [0.1, 0.15) is 5.60 Å². The maximum Gasteiger partial charge on any atom is 0.312 e. The molecule has 4 nitrogen and oxygen atoms in total. The second-order valence-corrected chi connectivity index (χ2v) is 5.17. The molecule has 0 saturated heterocycles. The quantitative estimate of drug-likeness (QED) is 0.840.